The Bertz CT molecular complexity index is 1260. The van der Waals surface area contributed by atoms with E-state index in [9.17, 15) is 17.6 Å². The van der Waals surface area contributed by atoms with Gasteiger partial charge in [-0.05, 0) is 73.9 Å². The number of rotatable bonds is 9. The average molecular weight is 473 g/mol. The maximum Gasteiger partial charge on any atom is 0.335 e. The van der Waals surface area contributed by atoms with Crippen molar-refractivity contribution in [2.24, 2.45) is 0 Å². The monoisotopic (exact) mass is 472 g/mol. The Labute approximate surface area is 192 Å². The van der Waals surface area contributed by atoms with Gasteiger partial charge in [-0.15, -0.1) is 0 Å². The molecule has 0 fully saturated rings. The first kappa shape index (κ1) is 24.2. The van der Waals surface area contributed by atoms with Crippen LogP contribution in [0, 0.1) is 13.8 Å². The Morgan fingerprint density at radius 1 is 1.15 bits per heavy atom. The normalized spacial score (nSPS) is 12.2. The fourth-order valence-electron chi connectivity index (χ4n) is 3.18. The fraction of sp³-hybridized carbons (Fsp3) is 0.250. The van der Waals surface area contributed by atoms with Crippen LogP contribution in [0.5, 0.6) is 5.75 Å². The number of carboxylic acids is 1. The first-order chi connectivity index (χ1) is 15.6. The van der Waals surface area contributed by atoms with Crippen molar-refractivity contribution in [3.05, 3.63) is 82.7 Å². The van der Waals surface area contributed by atoms with Crippen molar-refractivity contribution < 1.29 is 27.4 Å². The molecule has 1 heterocycles. The number of benzene rings is 2. The molecule has 2 N–H and O–H groups in total. The third-order valence-electron chi connectivity index (χ3n) is 5.05. The van der Waals surface area contributed by atoms with E-state index in [2.05, 4.69) is 9.71 Å². The minimum absolute atomic E-state index is 0.0945. The summed E-state index contributed by atoms with van der Waals surface area (Å²) in [5.74, 6) is -0.710. The third kappa shape index (κ3) is 6.07. The summed E-state index contributed by atoms with van der Waals surface area (Å²) in [6.07, 6.45) is 0.0540. The highest BCUT2D eigenvalue weighted by atomic mass is 32.2. The number of ether oxygens (including phenoxy) is 1. The molecule has 1 aromatic heterocycles. The van der Waals surface area contributed by atoms with E-state index in [1.165, 1.54) is 37.4 Å². The van der Waals surface area contributed by atoms with Gasteiger partial charge in [-0.25, -0.2) is 17.6 Å². The largest absolute Gasteiger partial charge is 0.487 e. The highest BCUT2D eigenvalue weighted by Gasteiger charge is 2.22. The molecule has 0 saturated heterocycles. The SMILES string of the molecule is Cc1cc(NS(=O)(=O)c2cccnc2C[C@H](C)F)c(OCc2ccc(C(=O)O)cc2)cc1C. The van der Waals surface area contributed by atoms with Gasteiger partial charge < -0.3 is 9.84 Å². The number of nitrogens with zero attached hydrogens (tertiary/aromatic N) is 1. The number of aryl methyl sites for hydroxylation is 2. The van der Waals surface area contributed by atoms with Gasteiger partial charge in [0.25, 0.3) is 10.0 Å². The van der Waals surface area contributed by atoms with E-state index in [0.717, 1.165) is 16.7 Å². The van der Waals surface area contributed by atoms with E-state index in [0.29, 0.717) is 5.75 Å². The lowest BCUT2D eigenvalue weighted by atomic mass is 10.1. The number of carbonyl (C=O) groups is 1. The molecule has 0 unspecified atom stereocenters. The molecule has 0 aliphatic rings. The Morgan fingerprint density at radius 3 is 2.45 bits per heavy atom. The number of hydrogen-bond acceptors (Lipinski definition) is 5. The van der Waals surface area contributed by atoms with Crippen molar-refractivity contribution in [1.29, 1.82) is 0 Å². The molecular formula is C24H25FN2O5S. The van der Waals surface area contributed by atoms with Crippen molar-refractivity contribution in [1.82, 2.24) is 4.98 Å². The number of halogens is 1. The minimum atomic E-state index is -4.06. The highest BCUT2D eigenvalue weighted by Crippen LogP contribution is 2.31. The zero-order chi connectivity index (χ0) is 24.2. The predicted molar refractivity (Wildman–Crippen MR) is 123 cm³/mol. The lowest BCUT2D eigenvalue weighted by Crippen LogP contribution is -2.18. The van der Waals surface area contributed by atoms with Crippen molar-refractivity contribution in [3.63, 3.8) is 0 Å². The Morgan fingerprint density at radius 2 is 1.82 bits per heavy atom. The topological polar surface area (TPSA) is 106 Å². The van der Waals surface area contributed by atoms with E-state index >= 15 is 0 Å². The number of alkyl halides is 1. The quantitative estimate of drug-likeness (QED) is 0.469. The van der Waals surface area contributed by atoms with Crippen molar-refractivity contribution in [2.45, 2.75) is 44.9 Å². The van der Waals surface area contributed by atoms with Crippen molar-refractivity contribution >= 4 is 21.7 Å². The van der Waals surface area contributed by atoms with Crippen LogP contribution in [0.2, 0.25) is 0 Å². The zero-order valence-electron chi connectivity index (χ0n) is 18.5. The van der Waals surface area contributed by atoms with Crippen LogP contribution in [0.25, 0.3) is 0 Å². The molecule has 1 atom stereocenters. The van der Waals surface area contributed by atoms with Crippen molar-refractivity contribution in [2.75, 3.05) is 4.72 Å². The highest BCUT2D eigenvalue weighted by molar-refractivity contribution is 7.92. The Balaban J connectivity index is 1.89. The van der Waals surface area contributed by atoms with Crippen LogP contribution in [0.4, 0.5) is 10.1 Å². The van der Waals surface area contributed by atoms with E-state index in [4.69, 9.17) is 9.84 Å². The summed E-state index contributed by atoms with van der Waals surface area (Å²) in [6, 6.07) is 12.5. The predicted octanol–water partition coefficient (Wildman–Crippen LogP) is 4.68. The summed E-state index contributed by atoms with van der Waals surface area (Å²) in [5, 5.41) is 9.02. The maximum atomic E-state index is 13.6. The molecule has 0 spiro atoms. The minimum Gasteiger partial charge on any atom is -0.487 e. The van der Waals surface area contributed by atoms with Gasteiger partial charge in [0.05, 0.1) is 16.9 Å². The number of carboxylic acid groups (broad SMARTS) is 1. The van der Waals surface area contributed by atoms with Gasteiger partial charge in [0.1, 0.15) is 23.4 Å². The maximum absolute atomic E-state index is 13.6. The van der Waals surface area contributed by atoms with E-state index < -0.39 is 22.2 Å². The van der Waals surface area contributed by atoms with E-state index in [1.807, 2.05) is 13.8 Å². The summed E-state index contributed by atoms with van der Waals surface area (Å²) in [7, 11) is -4.06. The summed E-state index contributed by atoms with van der Waals surface area (Å²) >= 11 is 0. The second-order valence-electron chi connectivity index (χ2n) is 7.76. The lowest BCUT2D eigenvalue weighted by molar-refractivity contribution is 0.0696. The zero-order valence-corrected chi connectivity index (χ0v) is 19.3. The van der Waals surface area contributed by atoms with Crippen LogP contribution in [0.15, 0.2) is 59.6 Å². The standard InChI is InChI=1S/C24H25FN2O5S/c1-15-11-20(27-33(30,31)23-5-4-10-26-21(23)13-17(3)25)22(12-16(15)2)32-14-18-6-8-19(9-7-18)24(28)29/h4-12,17,27H,13-14H2,1-3H3,(H,28,29)/t17-/m0/s1. The molecule has 3 rings (SSSR count). The van der Waals surface area contributed by atoms with Crippen LogP contribution >= 0.6 is 0 Å². The first-order valence-electron chi connectivity index (χ1n) is 10.2. The van der Waals surface area contributed by atoms with Crippen LogP contribution < -0.4 is 9.46 Å². The Kier molecular flexibility index (Phi) is 7.33. The van der Waals surface area contributed by atoms with Gasteiger partial charge in [0, 0.05) is 12.6 Å². The van der Waals surface area contributed by atoms with Gasteiger partial charge in [0.15, 0.2) is 0 Å². The molecule has 9 heteroatoms. The third-order valence-corrected chi connectivity index (χ3v) is 6.49. The number of pyridine rings is 1. The molecule has 2 aromatic carbocycles. The summed E-state index contributed by atoms with van der Waals surface area (Å²) < 4.78 is 48.3. The Hall–Kier alpha value is -3.46. The molecule has 0 bridgehead atoms. The lowest BCUT2D eigenvalue weighted by Gasteiger charge is -2.17. The summed E-state index contributed by atoms with van der Waals surface area (Å²) in [6.45, 7) is 5.18. The van der Waals surface area contributed by atoms with Gasteiger partial charge in [-0.3, -0.25) is 9.71 Å². The molecule has 174 valence electrons. The number of hydrogen-bond donors (Lipinski definition) is 2. The smallest absolute Gasteiger partial charge is 0.335 e. The number of sulfonamides is 1. The second kappa shape index (κ2) is 9.99. The molecule has 0 aliphatic heterocycles. The van der Waals surface area contributed by atoms with Crippen LogP contribution in [-0.4, -0.2) is 30.6 Å². The molecule has 0 amide bonds. The molecule has 3 aromatic rings. The summed E-state index contributed by atoms with van der Waals surface area (Å²) in [4.78, 5) is 15.0. The van der Waals surface area contributed by atoms with Gasteiger partial charge in [-0.1, -0.05) is 12.1 Å². The van der Waals surface area contributed by atoms with Crippen LogP contribution in [-0.2, 0) is 23.1 Å². The molecular weight excluding hydrogens is 447 g/mol. The molecule has 7 nitrogen and oxygen atoms in total. The van der Waals surface area contributed by atoms with Crippen LogP contribution in [0.3, 0.4) is 0 Å². The number of nitrogens with one attached hydrogen (secondary N) is 1. The number of aromatic nitrogens is 1. The first-order valence-corrected chi connectivity index (χ1v) is 11.7. The van der Waals surface area contributed by atoms with Gasteiger partial charge in [-0.2, -0.15) is 0 Å². The fourth-order valence-corrected chi connectivity index (χ4v) is 4.44. The average Bonchev–Trinajstić information content (AvgIpc) is 2.75. The number of aromatic carboxylic acids is 1. The molecule has 0 aliphatic carbocycles. The number of anilines is 1. The van der Waals surface area contributed by atoms with Gasteiger partial charge >= 0.3 is 5.97 Å². The summed E-state index contributed by atoms with van der Waals surface area (Å²) in [5.41, 5.74) is 3.03. The van der Waals surface area contributed by atoms with Gasteiger partial charge in [0.2, 0.25) is 0 Å². The van der Waals surface area contributed by atoms with E-state index in [1.54, 1.807) is 24.3 Å². The van der Waals surface area contributed by atoms with E-state index in [-0.39, 0.29) is 34.9 Å². The molecule has 0 radical (unpaired) electrons. The van der Waals surface area contributed by atoms with Crippen molar-refractivity contribution in [3.8, 4) is 5.75 Å². The molecule has 0 saturated carbocycles. The molecule has 33 heavy (non-hydrogen) atoms. The second-order valence-corrected chi connectivity index (χ2v) is 9.41. The van der Waals surface area contributed by atoms with Crippen LogP contribution in [0.1, 0.15) is 39.7 Å².